The van der Waals surface area contributed by atoms with Gasteiger partial charge in [0.25, 0.3) is 0 Å². The third-order valence-electron chi connectivity index (χ3n) is 9.33. The fourth-order valence-electron chi connectivity index (χ4n) is 5.38. The monoisotopic (exact) mass is 938 g/mol. The first-order valence-corrected chi connectivity index (χ1v) is 21.0. The number of carboxylic acids is 2. The minimum absolute atomic E-state index is 0.394. The second kappa shape index (κ2) is 29.2. The van der Waals surface area contributed by atoms with Crippen molar-refractivity contribution in [3.05, 3.63) is 0 Å². The molecule has 9 amide bonds. The van der Waals surface area contributed by atoms with Gasteiger partial charge < -0.3 is 74.4 Å². The number of carbonyl (C=O) groups excluding carboxylic acids is 9. The number of aliphatic carboxylic acids is 2. The predicted molar refractivity (Wildman–Crippen MR) is 228 cm³/mol. The van der Waals surface area contributed by atoms with Crippen LogP contribution in [0.2, 0.25) is 0 Å². The first kappa shape index (κ1) is 57.8. The van der Waals surface area contributed by atoms with Gasteiger partial charge in [0.1, 0.15) is 48.3 Å². The maximum Gasteiger partial charge on any atom is 0.328 e. The summed E-state index contributed by atoms with van der Waals surface area (Å²) in [6.07, 6.45) is -3.29. The molecule has 0 aromatic rings. The molecule has 0 rings (SSSR count). The molecule has 0 aliphatic rings. The van der Waals surface area contributed by atoms with E-state index >= 15 is 0 Å². The van der Waals surface area contributed by atoms with Crippen molar-refractivity contribution in [2.75, 3.05) is 24.7 Å². The summed E-state index contributed by atoms with van der Waals surface area (Å²) in [6, 6.07) is -12.4. The zero-order valence-electron chi connectivity index (χ0n) is 35.5. The molecule has 358 valence electrons. The van der Waals surface area contributed by atoms with E-state index in [1.165, 1.54) is 0 Å². The summed E-state index contributed by atoms with van der Waals surface area (Å²) in [5.74, 6) is -13.6. The van der Waals surface area contributed by atoms with E-state index in [1.54, 1.807) is 27.7 Å². The molecule has 0 unspecified atom stereocenters. The van der Waals surface area contributed by atoms with Crippen LogP contribution in [0.4, 0.5) is 0 Å². The van der Waals surface area contributed by atoms with Crippen LogP contribution in [0.5, 0.6) is 0 Å². The predicted octanol–water partition coefficient (Wildman–Crippen LogP) is -6.03. The van der Waals surface area contributed by atoms with Crippen molar-refractivity contribution in [1.82, 2.24) is 42.5 Å². The number of rotatable bonds is 30. The van der Waals surface area contributed by atoms with E-state index in [1.807, 2.05) is 5.32 Å². The zero-order valence-corrected chi connectivity index (χ0v) is 37.3. The number of aliphatic hydroxyl groups excluding tert-OH is 2. The lowest BCUT2D eigenvalue weighted by Gasteiger charge is -2.29. The maximum absolute atomic E-state index is 13.7. The lowest BCUT2D eigenvalue weighted by molar-refractivity contribution is -0.144. The van der Waals surface area contributed by atoms with Crippen LogP contribution in [0.1, 0.15) is 66.7 Å². The van der Waals surface area contributed by atoms with Gasteiger partial charge in [0, 0.05) is 24.3 Å². The van der Waals surface area contributed by atoms with Gasteiger partial charge in [0.2, 0.25) is 53.2 Å². The molecular weight excluding hydrogens is 877 g/mol. The molecule has 10 atom stereocenters. The highest BCUT2D eigenvalue weighted by Gasteiger charge is 2.36. The Morgan fingerprint density at radius 1 is 0.556 bits per heavy atom. The van der Waals surface area contributed by atoms with E-state index in [0.717, 1.165) is 6.92 Å². The van der Waals surface area contributed by atoms with E-state index in [0.29, 0.717) is 6.42 Å². The highest BCUT2D eigenvalue weighted by molar-refractivity contribution is 7.80. The Kier molecular flexibility index (Phi) is 26.7. The number of carbonyl (C=O) groups is 11. The molecule has 63 heavy (non-hydrogen) atoms. The summed E-state index contributed by atoms with van der Waals surface area (Å²) in [7, 11) is 0. The van der Waals surface area contributed by atoms with Gasteiger partial charge in [-0.2, -0.15) is 25.3 Å². The molecule has 0 radical (unpaired) electrons. The molecule has 16 N–H and O–H groups in total. The molecule has 0 saturated carbocycles. The van der Waals surface area contributed by atoms with Crippen LogP contribution in [0, 0.1) is 11.8 Å². The number of nitrogens with two attached hydrogens (primary N) is 2. The SMILES string of the molecule is CC[C@H](C)[C@H](NC(=O)CN)C(=O)N[C@H](C(=O)N[C@@H](CCC(=O)O)C(=O)N[C@@H](CCC(N)=O)C(=O)N[C@@H](CS)C(=O)N[C@@H](CS)C(=O)N[C@H](C(=O)N[C@@H](CO)C(=O)O)[C@@H](C)O)C(C)C. The Bertz CT molecular complexity index is 1640. The fourth-order valence-corrected chi connectivity index (χ4v) is 5.89. The molecule has 27 heteroatoms. The summed E-state index contributed by atoms with van der Waals surface area (Å²) in [6.45, 7) is 6.27. The largest absolute Gasteiger partial charge is 0.481 e. The van der Waals surface area contributed by atoms with Crippen LogP contribution in [-0.4, -0.2) is 165 Å². The number of carboxylic acid groups (broad SMARTS) is 2. The molecule has 25 nitrogen and oxygen atoms in total. The van der Waals surface area contributed by atoms with Crippen molar-refractivity contribution in [1.29, 1.82) is 0 Å². The first-order valence-electron chi connectivity index (χ1n) is 19.7. The van der Waals surface area contributed by atoms with Crippen molar-refractivity contribution >= 4 is 90.4 Å². The Labute approximate surface area is 374 Å². The molecule has 0 aliphatic heterocycles. The summed E-state index contributed by atoms with van der Waals surface area (Å²) >= 11 is 8.11. The topological polar surface area (TPSA) is 417 Å². The van der Waals surface area contributed by atoms with Gasteiger partial charge in [-0.25, -0.2) is 4.79 Å². The van der Waals surface area contributed by atoms with Gasteiger partial charge in [-0.15, -0.1) is 0 Å². The third-order valence-corrected chi connectivity index (χ3v) is 10.1. The van der Waals surface area contributed by atoms with Crippen molar-refractivity contribution in [2.24, 2.45) is 23.3 Å². The second-order valence-corrected chi connectivity index (χ2v) is 15.5. The van der Waals surface area contributed by atoms with Crippen LogP contribution in [0.3, 0.4) is 0 Å². The number of amides is 9. The molecule has 0 fully saturated rings. The minimum Gasteiger partial charge on any atom is -0.481 e. The zero-order chi connectivity index (χ0) is 48.7. The van der Waals surface area contributed by atoms with Gasteiger partial charge in [-0.05, 0) is 31.6 Å². The number of aliphatic hydroxyl groups is 2. The number of thiol groups is 2. The minimum atomic E-state index is -1.77. The molecule has 0 bridgehead atoms. The van der Waals surface area contributed by atoms with Gasteiger partial charge in [-0.1, -0.05) is 34.1 Å². The second-order valence-electron chi connectivity index (χ2n) is 14.7. The average molecular weight is 939 g/mol. The molecule has 0 spiro atoms. The Balaban J connectivity index is 6.32. The molecule has 0 aliphatic carbocycles. The van der Waals surface area contributed by atoms with E-state index in [4.69, 9.17) is 16.6 Å². The van der Waals surface area contributed by atoms with E-state index in [9.17, 15) is 68.1 Å². The normalized spacial score (nSPS) is 15.8. The van der Waals surface area contributed by atoms with Crippen molar-refractivity contribution in [3.63, 3.8) is 0 Å². The van der Waals surface area contributed by atoms with Crippen LogP contribution in [0.15, 0.2) is 0 Å². The van der Waals surface area contributed by atoms with Crippen LogP contribution < -0.4 is 54.0 Å². The number of nitrogens with one attached hydrogen (secondary N) is 8. The van der Waals surface area contributed by atoms with Gasteiger partial charge in [0.05, 0.1) is 19.3 Å². The fraction of sp³-hybridized carbons (Fsp3) is 0.694. The lowest BCUT2D eigenvalue weighted by Crippen LogP contribution is -2.62. The smallest absolute Gasteiger partial charge is 0.328 e. The molecule has 0 saturated heterocycles. The quantitative estimate of drug-likeness (QED) is 0.0298. The summed E-state index contributed by atoms with van der Waals surface area (Å²) in [5.41, 5.74) is 10.7. The first-order chi connectivity index (χ1) is 29.4. The molecule has 0 aromatic carbocycles. The maximum atomic E-state index is 13.7. The Morgan fingerprint density at radius 2 is 0.952 bits per heavy atom. The highest BCUT2D eigenvalue weighted by Crippen LogP contribution is 2.12. The summed E-state index contributed by atoms with van der Waals surface area (Å²) < 4.78 is 0. The van der Waals surface area contributed by atoms with Crippen LogP contribution >= 0.6 is 25.3 Å². The average Bonchev–Trinajstić information content (AvgIpc) is 3.22. The molecule has 0 aromatic heterocycles. The van der Waals surface area contributed by atoms with Gasteiger partial charge in [0.15, 0.2) is 0 Å². The van der Waals surface area contributed by atoms with Crippen molar-refractivity contribution in [2.45, 2.75) is 121 Å². The number of hydrogen-bond donors (Lipinski definition) is 16. The van der Waals surface area contributed by atoms with E-state index < -0.39 is 182 Å². The van der Waals surface area contributed by atoms with E-state index in [2.05, 4.69) is 62.5 Å². The standard InChI is InChI=1S/C36H62N10O15S2/c1-6-16(4)27(44-24(50)11-37)34(58)45-26(15(2)3)33(57)40-19(8-10-25(51)52)29(53)39-18(7-9-23(38)49)30(54)42-21(13-62)31(55)43-22(14-63)32(56)46-28(17(5)48)35(59)41-20(12-47)36(60)61/h15-22,26-28,47-48,62-63H,6-14,37H2,1-5H3,(H2,38,49)(H,39,53)(H,40,57)(H,41,59)(H,42,54)(H,43,55)(H,44,50)(H,45,58)(H,46,56)(H,51,52)(H,60,61)/t16-,17+,18-,19-,20-,21-,22-,26-,27-,28-/m0/s1. The Morgan fingerprint density at radius 3 is 1.35 bits per heavy atom. The Hall–Kier alpha value is -5.25. The lowest BCUT2D eigenvalue weighted by atomic mass is 9.96. The molecule has 0 heterocycles. The highest BCUT2D eigenvalue weighted by atomic mass is 32.1. The van der Waals surface area contributed by atoms with Crippen molar-refractivity contribution in [3.8, 4) is 0 Å². The summed E-state index contributed by atoms with van der Waals surface area (Å²) in [5, 5.41) is 56.3. The third kappa shape index (κ3) is 20.7. The van der Waals surface area contributed by atoms with Gasteiger partial charge in [-0.3, -0.25) is 47.9 Å². The summed E-state index contributed by atoms with van der Waals surface area (Å²) in [4.78, 5) is 140. The number of primary amides is 1. The van der Waals surface area contributed by atoms with Gasteiger partial charge >= 0.3 is 11.9 Å². The molecular formula is C36H62N10O15S2. The van der Waals surface area contributed by atoms with Crippen molar-refractivity contribution < 1.29 is 73.2 Å². The van der Waals surface area contributed by atoms with Crippen LogP contribution in [0.25, 0.3) is 0 Å². The van der Waals surface area contributed by atoms with E-state index in [-0.39, 0.29) is 0 Å². The van der Waals surface area contributed by atoms with Crippen LogP contribution in [-0.2, 0) is 52.7 Å². The number of hydrogen-bond acceptors (Lipinski definition) is 16.